The lowest BCUT2D eigenvalue weighted by Crippen LogP contribution is -2.22. The monoisotopic (exact) mass is 410 g/mol. The summed E-state index contributed by atoms with van der Waals surface area (Å²) in [7, 11) is 0. The van der Waals surface area contributed by atoms with E-state index in [2.05, 4.69) is 10.3 Å². The van der Waals surface area contributed by atoms with Crippen LogP contribution in [0.4, 0.5) is 13.2 Å². The summed E-state index contributed by atoms with van der Waals surface area (Å²) < 4.78 is 37.8. The van der Waals surface area contributed by atoms with Crippen molar-refractivity contribution in [2.24, 2.45) is 0 Å². The van der Waals surface area contributed by atoms with Gasteiger partial charge in [-0.3, -0.25) is 4.79 Å². The second-order valence-electron chi connectivity index (χ2n) is 5.77. The first-order chi connectivity index (χ1) is 12.8. The third-order valence-electron chi connectivity index (χ3n) is 3.88. The summed E-state index contributed by atoms with van der Waals surface area (Å²) in [5.74, 6) is -0.448. The van der Waals surface area contributed by atoms with Crippen molar-refractivity contribution in [2.45, 2.75) is 19.6 Å². The Labute approximate surface area is 162 Å². The number of carbonyl (C=O) groups excluding carboxylic acids is 1. The first-order valence-electron chi connectivity index (χ1n) is 7.92. The molecule has 0 bridgehead atoms. The van der Waals surface area contributed by atoms with Crippen molar-refractivity contribution in [3.63, 3.8) is 0 Å². The summed E-state index contributed by atoms with van der Waals surface area (Å²) >= 11 is 7.60. The molecule has 1 heterocycles. The van der Waals surface area contributed by atoms with Crippen molar-refractivity contribution in [1.29, 1.82) is 0 Å². The first kappa shape index (κ1) is 19.4. The topological polar surface area (TPSA) is 42.0 Å². The second kappa shape index (κ2) is 7.70. The molecule has 1 amide bonds. The number of nitrogens with zero attached hydrogens (tertiary/aromatic N) is 1. The summed E-state index contributed by atoms with van der Waals surface area (Å²) in [4.78, 5) is 17.5. The summed E-state index contributed by atoms with van der Waals surface area (Å²) in [5.41, 5.74) is 0.952. The van der Waals surface area contributed by atoms with Gasteiger partial charge in [0.1, 0.15) is 5.01 Å². The minimum atomic E-state index is -4.43. The van der Waals surface area contributed by atoms with Crippen LogP contribution in [0.3, 0.4) is 0 Å². The molecule has 1 N–H and O–H groups in total. The van der Waals surface area contributed by atoms with Gasteiger partial charge in [-0.1, -0.05) is 29.8 Å². The maximum Gasteiger partial charge on any atom is 0.416 e. The average Bonchev–Trinajstić information content (AvgIpc) is 3.00. The molecule has 0 aliphatic rings. The van der Waals surface area contributed by atoms with Crippen LogP contribution in [0.1, 0.15) is 26.5 Å². The Morgan fingerprint density at radius 3 is 2.44 bits per heavy atom. The first-order valence-corrected chi connectivity index (χ1v) is 9.12. The van der Waals surface area contributed by atoms with Gasteiger partial charge in [-0.25, -0.2) is 4.98 Å². The number of thiazole rings is 1. The molecule has 0 fully saturated rings. The van der Waals surface area contributed by atoms with Crippen molar-refractivity contribution in [1.82, 2.24) is 10.3 Å². The Balaban J connectivity index is 1.70. The molecule has 0 atom stereocenters. The largest absolute Gasteiger partial charge is 0.416 e. The zero-order valence-corrected chi connectivity index (χ0v) is 15.7. The number of hydrogen-bond donors (Lipinski definition) is 1. The Bertz CT molecular complexity index is 968. The number of nitrogens with one attached hydrogen (secondary N) is 1. The fourth-order valence-electron chi connectivity index (χ4n) is 2.42. The van der Waals surface area contributed by atoms with E-state index in [-0.39, 0.29) is 12.1 Å². The molecule has 0 aliphatic carbocycles. The molecule has 0 unspecified atom stereocenters. The number of halogens is 4. The zero-order valence-electron chi connectivity index (χ0n) is 14.1. The van der Waals surface area contributed by atoms with Gasteiger partial charge >= 0.3 is 6.18 Å². The van der Waals surface area contributed by atoms with Crippen molar-refractivity contribution < 1.29 is 18.0 Å². The van der Waals surface area contributed by atoms with Crippen LogP contribution in [0.25, 0.3) is 10.6 Å². The van der Waals surface area contributed by atoms with E-state index in [1.165, 1.54) is 11.3 Å². The molecule has 3 nitrogen and oxygen atoms in total. The molecule has 0 radical (unpaired) electrons. The molecular weight excluding hydrogens is 397 g/mol. The highest BCUT2D eigenvalue weighted by molar-refractivity contribution is 7.15. The zero-order chi connectivity index (χ0) is 19.6. The predicted molar refractivity (Wildman–Crippen MR) is 99.9 cm³/mol. The smallest absolute Gasteiger partial charge is 0.347 e. The molecule has 1 aromatic heterocycles. The third kappa shape index (κ3) is 4.48. The van der Waals surface area contributed by atoms with Crippen LogP contribution in [-0.4, -0.2) is 10.9 Å². The molecule has 3 aromatic rings. The van der Waals surface area contributed by atoms with Crippen LogP contribution in [0, 0.1) is 6.92 Å². The van der Waals surface area contributed by atoms with Gasteiger partial charge in [0.2, 0.25) is 0 Å². The predicted octanol–water partition coefficient (Wildman–Crippen LogP) is 5.72. The minimum Gasteiger partial charge on any atom is -0.347 e. The Hall–Kier alpha value is -2.38. The van der Waals surface area contributed by atoms with E-state index in [1.807, 2.05) is 25.1 Å². The quantitative estimate of drug-likeness (QED) is 0.597. The summed E-state index contributed by atoms with van der Waals surface area (Å²) in [6, 6.07) is 11.4. The van der Waals surface area contributed by atoms with Crippen LogP contribution in [-0.2, 0) is 12.7 Å². The van der Waals surface area contributed by atoms with E-state index in [0.717, 1.165) is 45.4 Å². The number of amides is 1. The lowest BCUT2D eigenvalue weighted by atomic mass is 10.1. The van der Waals surface area contributed by atoms with Gasteiger partial charge in [0.15, 0.2) is 0 Å². The molecule has 27 heavy (non-hydrogen) atoms. The number of alkyl halides is 3. The van der Waals surface area contributed by atoms with E-state index in [9.17, 15) is 18.0 Å². The van der Waals surface area contributed by atoms with Gasteiger partial charge in [-0.15, -0.1) is 11.3 Å². The number of aromatic nitrogens is 1. The summed E-state index contributed by atoms with van der Waals surface area (Å²) in [6.07, 6.45) is -4.43. The summed E-state index contributed by atoms with van der Waals surface area (Å²) in [5, 5.41) is 4.05. The number of rotatable bonds is 4. The van der Waals surface area contributed by atoms with Crippen LogP contribution < -0.4 is 5.32 Å². The molecule has 0 aliphatic heterocycles. The van der Waals surface area contributed by atoms with Crippen molar-refractivity contribution in [3.8, 4) is 10.6 Å². The van der Waals surface area contributed by atoms with Crippen molar-refractivity contribution in [2.75, 3.05) is 0 Å². The third-order valence-corrected chi connectivity index (χ3v) is 5.40. The van der Waals surface area contributed by atoms with Crippen molar-refractivity contribution in [3.05, 3.63) is 75.3 Å². The molecule has 0 saturated heterocycles. The van der Waals surface area contributed by atoms with Gasteiger partial charge in [-0.2, -0.15) is 13.2 Å². The van der Waals surface area contributed by atoms with E-state index in [0.29, 0.717) is 5.02 Å². The van der Waals surface area contributed by atoms with Gasteiger partial charge in [0.25, 0.3) is 5.91 Å². The second-order valence-corrected chi connectivity index (χ2v) is 7.26. The highest BCUT2D eigenvalue weighted by Crippen LogP contribution is 2.33. The van der Waals surface area contributed by atoms with E-state index in [4.69, 9.17) is 11.6 Å². The Morgan fingerprint density at radius 1 is 1.15 bits per heavy atom. The highest BCUT2D eigenvalue weighted by Gasteiger charge is 2.30. The number of hydrogen-bond acceptors (Lipinski definition) is 3. The normalized spacial score (nSPS) is 11.4. The lowest BCUT2D eigenvalue weighted by Gasteiger charge is -2.08. The Kier molecular flexibility index (Phi) is 5.53. The van der Waals surface area contributed by atoms with Crippen LogP contribution in [0.2, 0.25) is 5.02 Å². The van der Waals surface area contributed by atoms with Gasteiger partial charge in [-0.05, 0) is 37.3 Å². The van der Waals surface area contributed by atoms with Crippen LogP contribution in [0.5, 0.6) is 0 Å². The SMILES string of the molecule is Cc1nc(-c2ccccc2Cl)sc1CNC(=O)c1ccc(C(F)(F)F)cc1. The van der Waals surface area contributed by atoms with Gasteiger partial charge in [0, 0.05) is 16.0 Å². The van der Waals surface area contributed by atoms with Gasteiger partial charge in [0.05, 0.1) is 22.8 Å². The van der Waals surface area contributed by atoms with E-state index >= 15 is 0 Å². The average molecular weight is 411 g/mol. The maximum absolute atomic E-state index is 12.6. The Morgan fingerprint density at radius 2 is 1.81 bits per heavy atom. The fraction of sp³-hybridized carbons (Fsp3) is 0.158. The van der Waals surface area contributed by atoms with Crippen LogP contribution in [0.15, 0.2) is 48.5 Å². The molecule has 8 heteroatoms. The maximum atomic E-state index is 12.6. The summed E-state index contributed by atoms with van der Waals surface area (Å²) in [6.45, 7) is 2.06. The molecule has 0 spiro atoms. The number of benzene rings is 2. The molecule has 140 valence electrons. The standard InChI is InChI=1S/C19H14ClF3N2OS/c1-11-16(27-18(25-11)14-4-2-3-5-15(14)20)10-24-17(26)12-6-8-13(9-7-12)19(21,22)23/h2-9H,10H2,1H3,(H,24,26). The molecule has 2 aromatic carbocycles. The molecular formula is C19H14ClF3N2OS. The van der Waals surface area contributed by atoms with E-state index in [1.54, 1.807) is 6.07 Å². The highest BCUT2D eigenvalue weighted by atomic mass is 35.5. The van der Waals surface area contributed by atoms with Crippen molar-refractivity contribution >= 4 is 28.8 Å². The van der Waals surface area contributed by atoms with Crippen LogP contribution >= 0.6 is 22.9 Å². The molecule has 0 saturated carbocycles. The van der Waals surface area contributed by atoms with Gasteiger partial charge < -0.3 is 5.32 Å². The van der Waals surface area contributed by atoms with E-state index < -0.39 is 17.6 Å². The number of carbonyl (C=O) groups is 1. The fourth-order valence-corrected chi connectivity index (χ4v) is 3.74. The lowest BCUT2D eigenvalue weighted by molar-refractivity contribution is -0.137. The molecule has 3 rings (SSSR count). The minimum absolute atomic E-state index is 0.163. The number of aryl methyl sites for hydroxylation is 1.